The molecule has 1 fully saturated rings. The van der Waals surface area contributed by atoms with Crippen LogP contribution in [0.5, 0.6) is 0 Å². The third kappa shape index (κ3) is 4.44. The number of rotatable bonds is 8. The molecule has 2 rings (SSSR count). The predicted molar refractivity (Wildman–Crippen MR) is 71.5 cm³/mol. The lowest BCUT2D eigenvalue weighted by molar-refractivity contribution is 0.104. The van der Waals surface area contributed by atoms with Gasteiger partial charge in [-0.25, -0.2) is 0 Å². The molecule has 0 amide bonds. The van der Waals surface area contributed by atoms with Crippen molar-refractivity contribution in [3.8, 4) is 0 Å². The molecule has 0 saturated heterocycles. The second kappa shape index (κ2) is 6.36. The summed E-state index contributed by atoms with van der Waals surface area (Å²) in [5.41, 5.74) is 1.17. The zero-order valence-corrected chi connectivity index (χ0v) is 11.7. The maximum absolute atomic E-state index is 5.72. The third-order valence-corrected chi connectivity index (χ3v) is 3.15. The summed E-state index contributed by atoms with van der Waals surface area (Å²) >= 11 is 0. The van der Waals surface area contributed by atoms with Crippen LogP contribution >= 0.6 is 0 Å². The molecular formula is C14H24N2O2. The van der Waals surface area contributed by atoms with Gasteiger partial charge in [-0.3, -0.25) is 0 Å². The van der Waals surface area contributed by atoms with Gasteiger partial charge in [0.2, 0.25) is 0 Å². The summed E-state index contributed by atoms with van der Waals surface area (Å²) < 4.78 is 11.4. The van der Waals surface area contributed by atoms with Crippen LogP contribution in [0.25, 0.3) is 0 Å². The fourth-order valence-corrected chi connectivity index (χ4v) is 1.78. The van der Waals surface area contributed by atoms with Crippen molar-refractivity contribution in [1.29, 1.82) is 0 Å². The highest BCUT2D eigenvalue weighted by Crippen LogP contribution is 2.21. The van der Waals surface area contributed by atoms with Crippen LogP contribution in [0.3, 0.4) is 0 Å². The molecule has 4 nitrogen and oxygen atoms in total. The van der Waals surface area contributed by atoms with Gasteiger partial charge in [-0.1, -0.05) is 0 Å². The van der Waals surface area contributed by atoms with Gasteiger partial charge in [0.1, 0.15) is 11.5 Å². The Kier molecular flexibility index (Phi) is 4.80. The van der Waals surface area contributed by atoms with E-state index in [4.69, 9.17) is 9.15 Å². The molecule has 1 aromatic heterocycles. The van der Waals surface area contributed by atoms with E-state index in [1.807, 2.05) is 21.0 Å². The average Bonchev–Trinajstić information content (AvgIpc) is 3.07. The lowest BCUT2D eigenvalue weighted by atomic mass is 10.2. The van der Waals surface area contributed by atoms with Crippen molar-refractivity contribution in [3.63, 3.8) is 0 Å². The molecule has 1 aliphatic rings. The Balaban J connectivity index is 1.73. The van der Waals surface area contributed by atoms with E-state index >= 15 is 0 Å². The molecule has 0 aromatic carbocycles. The van der Waals surface area contributed by atoms with Gasteiger partial charge >= 0.3 is 0 Å². The highest BCUT2D eigenvalue weighted by atomic mass is 16.5. The van der Waals surface area contributed by atoms with E-state index in [9.17, 15) is 0 Å². The van der Waals surface area contributed by atoms with Crippen molar-refractivity contribution in [2.75, 3.05) is 27.2 Å². The van der Waals surface area contributed by atoms with E-state index in [2.05, 4.69) is 16.3 Å². The van der Waals surface area contributed by atoms with Gasteiger partial charge < -0.3 is 19.4 Å². The highest BCUT2D eigenvalue weighted by molar-refractivity contribution is 5.20. The van der Waals surface area contributed by atoms with Gasteiger partial charge in [-0.05, 0) is 39.9 Å². The lowest BCUT2D eigenvalue weighted by Gasteiger charge is -2.09. The van der Waals surface area contributed by atoms with Gasteiger partial charge in [0.15, 0.2) is 0 Å². The van der Waals surface area contributed by atoms with Gasteiger partial charge in [0.05, 0.1) is 19.8 Å². The van der Waals surface area contributed by atoms with Crippen molar-refractivity contribution in [2.45, 2.75) is 39.0 Å². The summed E-state index contributed by atoms with van der Waals surface area (Å²) in [6.07, 6.45) is 2.61. The highest BCUT2D eigenvalue weighted by Gasteiger charge is 2.20. The zero-order chi connectivity index (χ0) is 13.0. The normalized spacial score (nSPS) is 15.6. The largest absolute Gasteiger partial charge is 0.465 e. The van der Waals surface area contributed by atoms with Crippen LogP contribution in [0.1, 0.15) is 29.9 Å². The van der Waals surface area contributed by atoms with E-state index < -0.39 is 0 Å². The predicted octanol–water partition coefficient (Wildman–Crippen LogP) is 1.92. The first-order valence-electron chi connectivity index (χ1n) is 6.69. The number of likely N-dealkylation sites (N-methyl/N-ethyl adjacent to an activating group) is 1. The molecular weight excluding hydrogens is 228 g/mol. The number of furan rings is 1. The molecule has 0 radical (unpaired) electrons. The van der Waals surface area contributed by atoms with Crippen LogP contribution in [-0.4, -0.2) is 38.2 Å². The number of hydrogen-bond acceptors (Lipinski definition) is 4. The van der Waals surface area contributed by atoms with Crippen LogP contribution in [-0.2, 0) is 17.9 Å². The Morgan fingerprint density at radius 2 is 2.22 bits per heavy atom. The number of nitrogens with one attached hydrogen (secondary N) is 1. The molecule has 1 aliphatic carbocycles. The fraction of sp³-hybridized carbons (Fsp3) is 0.714. The summed E-state index contributed by atoms with van der Waals surface area (Å²) in [4.78, 5) is 2.12. The topological polar surface area (TPSA) is 37.6 Å². The molecule has 0 spiro atoms. The molecule has 4 heteroatoms. The molecule has 1 saturated carbocycles. The maximum atomic E-state index is 5.72. The first kappa shape index (κ1) is 13.6. The minimum absolute atomic E-state index is 0.645. The summed E-state index contributed by atoms with van der Waals surface area (Å²) in [7, 11) is 4.10. The summed E-state index contributed by atoms with van der Waals surface area (Å²) in [6, 6.07) is 2.83. The Bertz CT molecular complexity index is 370. The molecule has 102 valence electrons. The minimum Gasteiger partial charge on any atom is -0.465 e. The Morgan fingerprint density at radius 3 is 2.89 bits per heavy atom. The van der Waals surface area contributed by atoms with E-state index in [1.54, 1.807) is 0 Å². The minimum atomic E-state index is 0.645. The van der Waals surface area contributed by atoms with Crippen molar-refractivity contribution in [2.24, 2.45) is 0 Å². The van der Waals surface area contributed by atoms with Crippen molar-refractivity contribution in [1.82, 2.24) is 10.2 Å². The average molecular weight is 252 g/mol. The molecule has 0 bridgehead atoms. The summed E-state index contributed by atoms with van der Waals surface area (Å²) in [5.74, 6) is 2.00. The SMILES string of the molecule is Cc1oc(CNC2CC2)cc1COCCN(C)C. The van der Waals surface area contributed by atoms with Crippen molar-refractivity contribution >= 4 is 0 Å². The van der Waals surface area contributed by atoms with Gasteiger partial charge in [-0.15, -0.1) is 0 Å². The molecule has 1 aromatic rings. The third-order valence-electron chi connectivity index (χ3n) is 3.15. The van der Waals surface area contributed by atoms with Crippen LogP contribution in [0.4, 0.5) is 0 Å². The summed E-state index contributed by atoms with van der Waals surface area (Å²) in [6.45, 7) is 5.20. The van der Waals surface area contributed by atoms with E-state index in [0.29, 0.717) is 6.61 Å². The molecule has 0 aliphatic heterocycles. The first-order valence-corrected chi connectivity index (χ1v) is 6.69. The molecule has 0 atom stereocenters. The quantitative estimate of drug-likeness (QED) is 0.717. The van der Waals surface area contributed by atoms with Gasteiger partial charge in [0.25, 0.3) is 0 Å². The van der Waals surface area contributed by atoms with Crippen molar-refractivity contribution in [3.05, 3.63) is 23.2 Å². The number of ether oxygens (including phenoxy) is 1. The molecule has 1 N–H and O–H groups in total. The number of hydrogen-bond donors (Lipinski definition) is 1. The smallest absolute Gasteiger partial charge is 0.118 e. The van der Waals surface area contributed by atoms with Crippen molar-refractivity contribution < 1.29 is 9.15 Å². The summed E-state index contributed by atoms with van der Waals surface area (Å²) in [5, 5.41) is 3.45. The standard InChI is InChI=1S/C14H24N2O2/c1-11-12(10-17-7-6-16(2)3)8-14(18-11)9-15-13-4-5-13/h8,13,15H,4-7,9-10H2,1-3H3. The molecule has 1 heterocycles. The van der Waals surface area contributed by atoms with E-state index in [0.717, 1.165) is 37.3 Å². The van der Waals surface area contributed by atoms with Crippen LogP contribution in [0.2, 0.25) is 0 Å². The van der Waals surface area contributed by atoms with E-state index in [1.165, 1.54) is 18.4 Å². The monoisotopic (exact) mass is 252 g/mol. The maximum Gasteiger partial charge on any atom is 0.118 e. The van der Waals surface area contributed by atoms with Crippen LogP contribution in [0.15, 0.2) is 10.5 Å². The van der Waals surface area contributed by atoms with Gasteiger partial charge in [-0.2, -0.15) is 0 Å². The fourth-order valence-electron chi connectivity index (χ4n) is 1.78. The van der Waals surface area contributed by atoms with Gasteiger partial charge in [0, 0.05) is 18.2 Å². The second-order valence-corrected chi connectivity index (χ2v) is 5.31. The van der Waals surface area contributed by atoms with Crippen LogP contribution in [0, 0.1) is 6.92 Å². The number of nitrogens with zero attached hydrogens (tertiary/aromatic N) is 1. The second-order valence-electron chi connectivity index (χ2n) is 5.31. The van der Waals surface area contributed by atoms with E-state index in [-0.39, 0.29) is 0 Å². The molecule has 0 unspecified atom stereocenters. The Labute approximate surface area is 109 Å². The Hall–Kier alpha value is -0.840. The zero-order valence-electron chi connectivity index (χ0n) is 11.7. The lowest BCUT2D eigenvalue weighted by Crippen LogP contribution is -2.17. The molecule has 18 heavy (non-hydrogen) atoms. The Morgan fingerprint density at radius 1 is 1.44 bits per heavy atom. The van der Waals surface area contributed by atoms with Crippen LogP contribution < -0.4 is 5.32 Å². The number of aryl methyl sites for hydroxylation is 1. The first-order chi connectivity index (χ1) is 8.65.